The van der Waals surface area contributed by atoms with Crippen molar-refractivity contribution in [2.75, 3.05) is 19.6 Å². The summed E-state index contributed by atoms with van der Waals surface area (Å²) in [5, 5.41) is 6.88. The first kappa shape index (κ1) is 8.32. The van der Waals surface area contributed by atoms with Crippen LogP contribution in [0.25, 0.3) is 0 Å². The average Bonchev–Trinajstić information content (AvgIpc) is 2.05. The molecular formula is C8H13ClN2O. The molecule has 1 N–H and O–H groups in total. The van der Waals surface area contributed by atoms with E-state index < -0.39 is 0 Å². The zero-order valence-electron chi connectivity index (χ0n) is 6.92. The van der Waals surface area contributed by atoms with Gasteiger partial charge in [0, 0.05) is 6.54 Å². The smallest absolute Gasteiger partial charge is 0.279 e. The number of halogens is 1. The van der Waals surface area contributed by atoms with Gasteiger partial charge in [-0.15, -0.1) is 0 Å². The van der Waals surface area contributed by atoms with Crippen LogP contribution in [-0.2, 0) is 4.74 Å². The first-order valence-electron chi connectivity index (χ1n) is 4.39. The molecule has 0 aromatic carbocycles. The minimum atomic E-state index is -0.159. The lowest BCUT2D eigenvalue weighted by molar-refractivity contribution is -0.0130. The highest BCUT2D eigenvalue weighted by molar-refractivity contribution is 6.61. The number of rotatable bonds is 1. The molecule has 3 nitrogen and oxygen atoms in total. The summed E-state index contributed by atoms with van der Waals surface area (Å²) >= 11 is 5.39. The van der Waals surface area contributed by atoms with E-state index in [0.717, 1.165) is 6.54 Å². The summed E-state index contributed by atoms with van der Waals surface area (Å²) < 4.78 is 5.23. The fraction of sp³-hybridized carbons (Fsp3) is 0.875. The molecule has 0 aromatic heterocycles. The monoisotopic (exact) mass is 188 g/mol. The van der Waals surface area contributed by atoms with Gasteiger partial charge < -0.3 is 4.74 Å². The Morgan fingerprint density at radius 2 is 2.08 bits per heavy atom. The van der Waals surface area contributed by atoms with E-state index in [4.69, 9.17) is 21.7 Å². The van der Waals surface area contributed by atoms with Crippen LogP contribution in [0.2, 0.25) is 0 Å². The largest absolute Gasteiger partial charge is 0.464 e. The molecule has 0 aliphatic carbocycles. The van der Waals surface area contributed by atoms with E-state index in [2.05, 4.69) is 4.90 Å². The fourth-order valence-electron chi connectivity index (χ4n) is 2.18. The summed E-state index contributed by atoms with van der Waals surface area (Å²) in [6.07, 6.45) is 2.58. The maximum absolute atomic E-state index is 7.04. The molecule has 68 valence electrons. The van der Waals surface area contributed by atoms with Crippen molar-refractivity contribution in [3.8, 4) is 0 Å². The summed E-state index contributed by atoms with van der Waals surface area (Å²) in [5.41, 5.74) is 0. The lowest BCUT2D eigenvalue weighted by Gasteiger charge is -2.43. The lowest BCUT2D eigenvalue weighted by atomic mass is 9.86. The van der Waals surface area contributed by atoms with Gasteiger partial charge in [-0.3, -0.25) is 10.3 Å². The van der Waals surface area contributed by atoms with Crippen molar-refractivity contribution in [2.24, 2.45) is 5.92 Å². The van der Waals surface area contributed by atoms with Crippen molar-refractivity contribution in [3.63, 3.8) is 0 Å². The predicted molar refractivity (Wildman–Crippen MR) is 47.6 cm³/mol. The second kappa shape index (κ2) is 3.23. The summed E-state index contributed by atoms with van der Waals surface area (Å²) in [6, 6.07) is 0. The van der Waals surface area contributed by atoms with Gasteiger partial charge in [0.15, 0.2) is 0 Å². The van der Waals surface area contributed by atoms with Gasteiger partial charge in [0.2, 0.25) is 0 Å². The summed E-state index contributed by atoms with van der Waals surface area (Å²) in [4.78, 5) is 2.38. The standard InChI is InChI=1S/C8H13ClN2O/c9-8(10)12-7-5-11-3-1-6(7)2-4-11/h6-7,10H,1-5H2/t7-/m0/s1. The highest BCUT2D eigenvalue weighted by atomic mass is 35.5. The van der Waals surface area contributed by atoms with Gasteiger partial charge in [-0.25, -0.2) is 0 Å². The minimum Gasteiger partial charge on any atom is -0.464 e. The van der Waals surface area contributed by atoms with Crippen LogP contribution in [0, 0.1) is 11.3 Å². The van der Waals surface area contributed by atoms with Crippen LogP contribution >= 0.6 is 11.6 Å². The maximum Gasteiger partial charge on any atom is 0.279 e. The van der Waals surface area contributed by atoms with Crippen molar-refractivity contribution in [1.82, 2.24) is 4.90 Å². The van der Waals surface area contributed by atoms with E-state index in [9.17, 15) is 0 Å². The van der Waals surface area contributed by atoms with Gasteiger partial charge in [-0.2, -0.15) is 0 Å². The molecule has 3 aliphatic heterocycles. The van der Waals surface area contributed by atoms with Gasteiger partial charge in [-0.1, -0.05) is 0 Å². The van der Waals surface area contributed by atoms with Gasteiger partial charge in [0.25, 0.3) is 5.36 Å². The average molecular weight is 189 g/mol. The molecule has 3 aliphatic rings. The van der Waals surface area contributed by atoms with E-state index in [1.165, 1.54) is 25.9 Å². The fourth-order valence-corrected chi connectivity index (χ4v) is 2.29. The third-order valence-corrected chi connectivity index (χ3v) is 2.94. The zero-order chi connectivity index (χ0) is 8.55. The van der Waals surface area contributed by atoms with Crippen LogP contribution in [-0.4, -0.2) is 36.0 Å². The van der Waals surface area contributed by atoms with Gasteiger partial charge in [0.05, 0.1) is 0 Å². The summed E-state index contributed by atoms with van der Waals surface area (Å²) in [5.74, 6) is 0.633. The second-order valence-corrected chi connectivity index (χ2v) is 3.91. The van der Waals surface area contributed by atoms with Crippen molar-refractivity contribution < 1.29 is 4.74 Å². The Balaban J connectivity index is 1.95. The highest BCUT2D eigenvalue weighted by Gasteiger charge is 2.35. The summed E-state index contributed by atoms with van der Waals surface area (Å²) in [7, 11) is 0. The Labute approximate surface area is 77.1 Å². The SMILES string of the molecule is N=C(Cl)O[C@H]1CN2CCC1CC2. The maximum atomic E-state index is 7.04. The number of hydrogen-bond acceptors (Lipinski definition) is 3. The molecule has 3 rings (SSSR count). The molecule has 3 saturated heterocycles. The highest BCUT2D eigenvalue weighted by Crippen LogP contribution is 2.29. The van der Waals surface area contributed by atoms with Gasteiger partial charge in [-0.05, 0) is 43.5 Å². The Kier molecular flexibility index (Phi) is 2.24. The molecule has 0 radical (unpaired) electrons. The van der Waals surface area contributed by atoms with Crippen LogP contribution in [0.1, 0.15) is 12.8 Å². The molecule has 3 heterocycles. The number of ether oxygens (including phenoxy) is 1. The zero-order valence-corrected chi connectivity index (χ0v) is 7.68. The number of fused-ring (bicyclic) bond motifs is 3. The van der Waals surface area contributed by atoms with Crippen molar-refractivity contribution in [3.05, 3.63) is 0 Å². The number of hydrogen-bond donors (Lipinski definition) is 1. The topological polar surface area (TPSA) is 36.3 Å². The van der Waals surface area contributed by atoms with Crippen molar-refractivity contribution >= 4 is 17.0 Å². The molecule has 0 unspecified atom stereocenters. The van der Waals surface area contributed by atoms with Crippen LogP contribution < -0.4 is 0 Å². The molecule has 12 heavy (non-hydrogen) atoms. The third kappa shape index (κ3) is 1.57. The van der Waals surface area contributed by atoms with Crippen LogP contribution in [0.3, 0.4) is 0 Å². The summed E-state index contributed by atoms with van der Waals surface area (Å²) in [6.45, 7) is 3.35. The molecule has 1 atom stereocenters. The molecule has 4 heteroatoms. The molecule has 0 spiro atoms. The number of piperidine rings is 3. The first-order valence-corrected chi connectivity index (χ1v) is 4.76. The van der Waals surface area contributed by atoms with Crippen molar-refractivity contribution in [1.29, 1.82) is 5.41 Å². The molecule has 0 aromatic rings. The second-order valence-electron chi connectivity index (χ2n) is 3.57. The Hall–Kier alpha value is -0.280. The Morgan fingerprint density at radius 1 is 1.42 bits per heavy atom. The Morgan fingerprint density at radius 3 is 2.50 bits per heavy atom. The molecular weight excluding hydrogens is 176 g/mol. The third-order valence-electron chi connectivity index (χ3n) is 2.85. The molecule has 3 fully saturated rings. The molecule has 0 saturated carbocycles. The van der Waals surface area contributed by atoms with E-state index in [1.54, 1.807) is 0 Å². The number of nitrogens with one attached hydrogen (secondary N) is 1. The predicted octanol–water partition coefficient (Wildman–Crippen LogP) is 1.27. The van der Waals surface area contributed by atoms with Crippen LogP contribution in [0.5, 0.6) is 0 Å². The van der Waals surface area contributed by atoms with E-state index in [1.807, 2.05) is 0 Å². The lowest BCUT2D eigenvalue weighted by Crippen LogP contribution is -2.51. The van der Waals surface area contributed by atoms with Crippen LogP contribution in [0.4, 0.5) is 0 Å². The van der Waals surface area contributed by atoms with Crippen molar-refractivity contribution in [2.45, 2.75) is 18.9 Å². The quantitative estimate of drug-likeness (QED) is 0.497. The minimum absolute atomic E-state index is 0.159. The Bertz CT molecular complexity index is 189. The van der Waals surface area contributed by atoms with Gasteiger partial charge >= 0.3 is 0 Å². The molecule has 0 amide bonds. The van der Waals surface area contributed by atoms with E-state index in [0.29, 0.717) is 5.92 Å². The molecule has 2 bridgehead atoms. The number of nitrogens with zero attached hydrogens (tertiary/aromatic N) is 1. The first-order chi connectivity index (χ1) is 5.75. The van der Waals surface area contributed by atoms with E-state index in [-0.39, 0.29) is 11.5 Å². The van der Waals surface area contributed by atoms with E-state index >= 15 is 0 Å². The van der Waals surface area contributed by atoms with Crippen LogP contribution in [0.15, 0.2) is 0 Å². The normalized spacial score (nSPS) is 39.6. The van der Waals surface area contributed by atoms with Gasteiger partial charge in [0.1, 0.15) is 6.10 Å².